The number of hydrogen-bond acceptors (Lipinski definition) is 3. The highest BCUT2D eigenvalue weighted by Crippen LogP contribution is 2.18. The number of nitrogens with one attached hydrogen (secondary N) is 1. The van der Waals surface area contributed by atoms with Gasteiger partial charge in [0.15, 0.2) is 0 Å². The van der Waals surface area contributed by atoms with E-state index in [9.17, 15) is 0 Å². The molecule has 3 heteroatoms. The molecule has 1 aromatic heterocycles. The molecule has 3 nitrogen and oxygen atoms in total. The van der Waals surface area contributed by atoms with Crippen LogP contribution in [0.5, 0.6) is 5.75 Å². The van der Waals surface area contributed by atoms with Gasteiger partial charge in [-0.25, -0.2) is 0 Å². The molecule has 0 aliphatic heterocycles. The zero-order valence-electron chi connectivity index (χ0n) is 12.0. The second-order valence-electron chi connectivity index (χ2n) is 5.00. The zero-order valence-corrected chi connectivity index (χ0v) is 12.0. The van der Waals surface area contributed by atoms with E-state index in [1.54, 1.807) is 6.20 Å². The van der Waals surface area contributed by atoms with Gasteiger partial charge in [0.05, 0.1) is 5.52 Å². The fourth-order valence-electron chi connectivity index (χ4n) is 2.17. The van der Waals surface area contributed by atoms with Gasteiger partial charge in [-0.05, 0) is 37.3 Å². The van der Waals surface area contributed by atoms with E-state index in [0.717, 1.165) is 28.9 Å². The van der Waals surface area contributed by atoms with Crippen LogP contribution in [0.2, 0.25) is 0 Å². The van der Waals surface area contributed by atoms with Gasteiger partial charge in [-0.2, -0.15) is 0 Å². The van der Waals surface area contributed by atoms with Crippen LogP contribution in [-0.2, 0) is 0 Å². The summed E-state index contributed by atoms with van der Waals surface area (Å²) >= 11 is 0. The lowest BCUT2D eigenvalue weighted by atomic mass is 10.2. The SMILES string of the molecule is Cc1ccc(NCCOc2ccc3cccnc3c2)cc1. The largest absolute Gasteiger partial charge is 0.492 e. The van der Waals surface area contributed by atoms with Gasteiger partial charge < -0.3 is 10.1 Å². The van der Waals surface area contributed by atoms with Gasteiger partial charge in [-0.1, -0.05) is 23.8 Å². The van der Waals surface area contributed by atoms with Crippen LogP contribution in [0.4, 0.5) is 5.69 Å². The molecule has 106 valence electrons. The van der Waals surface area contributed by atoms with Crippen molar-refractivity contribution in [3.8, 4) is 5.75 Å². The summed E-state index contributed by atoms with van der Waals surface area (Å²) in [6, 6.07) is 18.3. The lowest BCUT2D eigenvalue weighted by Crippen LogP contribution is -2.11. The van der Waals surface area contributed by atoms with Crippen LogP contribution < -0.4 is 10.1 Å². The average Bonchev–Trinajstić information content (AvgIpc) is 2.53. The molecule has 0 saturated carbocycles. The highest BCUT2D eigenvalue weighted by Gasteiger charge is 1.98. The van der Waals surface area contributed by atoms with Gasteiger partial charge in [0, 0.05) is 29.9 Å². The highest BCUT2D eigenvalue weighted by atomic mass is 16.5. The molecule has 3 rings (SSSR count). The van der Waals surface area contributed by atoms with Crippen LogP contribution >= 0.6 is 0 Å². The van der Waals surface area contributed by atoms with Crippen LogP contribution in [0, 0.1) is 6.92 Å². The summed E-state index contributed by atoms with van der Waals surface area (Å²) in [6.07, 6.45) is 1.80. The van der Waals surface area contributed by atoms with Gasteiger partial charge in [0.2, 0.25) is 0 Å². The molecule has 0 fully saturated rings. The fourth-order valence-corrected chi connectivity index (χ4v) is 2.17. The standard InChI is InChI=1S/C18H18N2O/c1-14-4-7-16(8-5-14)19-11-12-21-17-9-6-15-3-2-10-20-18(15)13-17/h2-10,13,19H,11-12H2,1H3. The molecule has 0 amide bonds. The van der Waals surface area contributed by atoms with Crippen molar-refractivity contribution < 1.29 is 4.74 Å². The predicted molar refractivity (Wildman–Crippen MR) is 86.9 cm³/mol. The summed E-state index contributed by atoms with van der Waals surface area (Å²) < 4.78 is 5.76. The number of pyridine rings is 1. The Bertz CT molecular complexity index is 723. The molecule has 0 atom stereocenters. The Hall–Kier alpha value is -2.55. The lowest BCUT2D eigenvalue weighted by Gasteiger charge is -2.09. The van der Waals surface area contributed by atoms with Gasteiger partial charge in [0.1, 0.15) is 12.4 Å². The third-order valence-electron chi connectivity index (χ3n) is 3.33. The highest BCUT2D eigenvalue weighted by molar-refractivity contribution is 5.79. The fraction of sp³-hybridized carbons (Fsp3) is 0.167. The van der Waals surface area contributed by atoms with E-state index in [0.29, 0.717) is 6.61 Å². The van der Waals surface area contributed by atoms with Crippen molar-refractivity contribution in [2.75, 3.05) is 18.5 Å². The Morgan fingerprint density at radius 1 is 1.05 bits per heavy atom. The predicted octanol–water partition coefficient (Wildman–Crippen LogP) is 4.03. The van der Waals surface area contributed by atoms with Crippen LogP contribution in [0.25, 0.3) is 10.9 Å². The van der Waals surface area contributed by atoms with Crippen LogP contribution in [-0.4, -0.2) is 18.1 Å². The zero-order chi connectivity index (χ0) is 14.5. The molecule has 0 bridgehead atoms. The summed E-state index contributed by atoms with van der Waals surface area (Å²) in [4.78, 5) is 4.33. The first-order valence-corrected chi connectivity index (χ1v) is 7.09. The van der Waals surface area contributed by atoms with Crippen molar-refractivity contribution in [2.45, 2.75) is 6.92 Å². The molecule has 1 heterocycles. The molecular weight excluding hydrogens is 260 g/mol. The normalized spacial score (nSPS) is 10.5. The van der Waals surface area contributed by atoms with E-state index in [4.69, 9.17) is 4.74 Å². The maximum atomic E-state index is 5.76. The summed E-state index contributed by atoms with van der Waals surface area (Å²) in [5, 5.41) is 4.47. The van der Waals surface area contributed by atoms with Gasteiger partial charge in [-0.15, -0.1) is 0 Å². The van der Waals surface area contributed by atoms with E-state index in [1.165, 1.54) is 5.56 Å². The van der Waals surface area contributed by atoms with E-state index < -0.39 is 0 Å². The van der Waals surface area contributed by atoms with Gasteiger partial charge in [0.25, 0.3) is 0 Å². The summed E-state index contributed by atoms with van der Waals surface area (Å²) in [6.45, 7) is 3.47. The minimum Gasteiger partial charge on any atom is -0.492 e. The molecule has 0 aliphatic rings. The number of rotatable bonds is 5. The lowest BCUT2D eigenvalue weighted by molar-refractivity contribution is 0.333. The topological polar surface area (TPSA) is 34.1 Å². The maximum Gasteiger partial charge on any atom is 0.121 e. The number of nitrogens with zero attached hydrogens (tertiary/aromatic N) is 1. The quantitative estimate of drug-likeness (QED) is 0.715. The third kappa shape index (κ3) is 3.51. The molecule has 0 unspecified atom stereocenters. The Balaban J connectivity index is 1.53. The number of anilines is 1. The summed E-state index contributed by atoms with van der Waals surface area (Å²) in [5.41, 5.74) is 3.34. The van der Waals surface area contributed by atoms with Crippen molar-refractivity contribution >= 4 is 16.6 Å². The minimum absolute atomic E-state index is 0.617. The van der Waals surface area contributed by atoms with Crippen molar-refractivity contribution in [1.82, 2.24) is 4.98 Å². The van der Waals surface area contributed by atoms with E-state index >= 15 is 0 Å². The van der Waals surface area contributed by atoms with E-state index in [-0.39, 0.29) is 0 Å². The van der Waals surface area contributed by atoms with E-state index in [2.05, 4.69) is 41.5 Å². The van der Waals surface area contributed by atoms with Crippen LogP contribution in [0.3, 0.4) is 0 Å². The second kappa shape index (κ2) is 6.27. The number of hydrogen-bond donors (Lipinski definition) is 1. The second-order valence-corrected chi connectivity index (χ2v) is 5.00. The first-order valence-electron chi connectivity index (χ1n) is 7.09. The molecular formula is C18H18N2O. The van der Waals surface area contributed by atoms with Gasteiger partial charge in [-0.3, -0.25) is 4.98 Å². The smallest absolute Gasteiger partial charge is 0.121 e. The van der Waals surface area contributed by atoms with Crippen molar-refractivity contribution in [3.05, 3.63) is 66.4 Å². The molecule has 2 aromatic carbocycles. The molecule has 1 N–H and O–H groups in total. The molecule has 0 saturated heterocycles. The van der Waals surface area contributed by atoms with Crippen molar-refractivity contribution in [2.24, 2.45) is 0 Å². The summed E-state index contributed by atoms with van der Waals surface area (Å²) in [5.74, 6) is 0.854. The van der Waals surface area contributed by atoms with Crippen LogP contribution in [0.1, 0.15) is 5.56 Å². The van der Waals surface area contributed by atoms with Crippen LogP contribution in [0.15, 0.2) is 60.8 Å². The van der Waals surface area contributed by atoms with Crippen molar-refractivity contribution in [1.29, 1.82) is 0 Å². The first kappa shape index (κ1) is 13.4. The van der Waals surface area contributed by atoms with Crippen molar-refractivity contribution in [3.63, 3.8) is 0 Å². The molecule has 3 aromatic rings. The third-order valence-corrected chi connectivity index (χ3v) is 3.33. The number of benzene rings is 2. The minimum atomic E-state index is 0.617. The number of aromatic nitrogens is 1. The average molecular weight is 278 g/mol. The summed E-state index contributed by atoms with van der Waals surface area (Å²) in [7, 11) is 0. The Kier molecular flexibility index (Phi) is 4.01. The Morgan fingerprint density at radius 2 is 1.90 bits per heavy atom. The number of aryl methyl sites for hydroxylation is 1. The van der Waals surface area contributed by atoms with Gasteiger partial charge >= 0.3 is 0 Å². The number of ether oxygens (including phenoxy) is 1. The first-order chi connectivity index (χ1) is 10.3. The Labute approximate surface area is 124 Å². The molecule has 21 heavy (non-hydrogen) atoms. The number of fused-ring (bicyclic) bond motifs is 1. The molecule has 0 aliphatic carbocycles. The monoisotopic (exact) mass is 278 g/mol. The molecule has 0 spiro atoms. The molecule has 0 radical (unpaired) electrons. The maximum absolute atomic E-state index is 5.76. The Morgan fingerprint density at radius 3 is 2.76 bits per heavy atom. The van der Waals surface area contributed by atoms with E-state index in [1.807, 2.05) is 30.3 Å².